The first kappa shape index (κ1) is 16.1. The summed E-state index contributed by atoms with van der Waals surface area (Å²) in [5.41, 5.74) is 8.21. The first-order chi connectivity index (χ1) is 12.7. The van der Waals surface area contributed by atoms with E-state index in [2.05, 4.69) is 20.5 Å². The molecule has 0 saturated heterocycles. The number of oxazole rings is 1. The summed E-state index contributed by atoms with van der Waals surface area (Å²) in [6.45, 7) is 0. The van der Waals surface area contributed by atoms with E-state index in [1.807, 2.05) is 54.6 Å². The quantitative estimate of drug-likeness (QED) is 0.547. The van der Waals surface area contributed by atoms with Crippen molar-refractivity contribution in [3.63, 3.8) is 0 Å². The molecule has 0 aliphatic heterocycles. The minimum absolute atomic E-state index is 0.207. The number of ether oxygens (including phenoxy) is 1. The second-order valence-electron chi connectivity index (χ2n) is 5.36. The van der Waals surface area contributed by atoms with Crippen LogP contribution in [0.1, 0.15) is 0 Å². The number of hydrogen-bond acceptors (Lipinski definition) is 8. The Balaban J connectivity index is 1.59. The molecule has 4 rings (SSSR count). The van der Waals surface area contributed by atoms with Gasteiger partial charge in [0.25, 0.3) is 0 Å². The predicted molar refractivity (Wildman–Crippen MR) is 102 cm³/mol. The number of nitrogens with two attached hydrogens (primary N) is 1. The van der Waals surface area contributed by atoms with Crippen molar-refractivity contribution in [1.82, 2.24) is 15.2 Å². The Morgan fingerprint density at radius 3 is 2.54 bits per heavy atom. The summed E-state index contributed by atoms with van der Waals surface area (Å²) in [6, 6.07) is 17.1. The standard InChI is InChI=1S/C18H15N5O2S/c1-24-13-9-7-11(8-10-13)16-21-14(15(19)25-16)17-22-23-18(26-17)20-12-5-3-2-4-6-12/h2-10H,19H2,1H3,(H,20,23). The Hall–Kier alpha value is -3.39. The molecule has 0 spiro atoms. The molecule has 0 atom stereocenters. The van der Waals surface area contributed by atoms with Crippen molar-refractivity contribution in [2.75, 3.05) is 18.2 Å². The Morgan fingerprint density at radius 1 is 1.04 bits per heavy atom. The number of methoxy groups -OCH3 is 1. The van der Waals surface area contributed by atoms with Crippen molar-refractivity contribution in [1.29, 1.82) is 0 Å². The van der Waals surface area contributed by atoms with Gasteiger partial charge in [-0.05, 0) is 36.4 Å². The summed E-state index contributed by atoms with van der Waals surface area (Å²) < 4.78 is 10.8. The van der Waals surface area contributed by atoms with Crippen LogP contribution in [0.3, 0.4) is 0 Å². The van der Waals surface area contributed by atoms with E-state index in [1.54, 1.807) is 7.11 Å². The maximum Gasteiger partial charge on any atom is 0.229 e. The number of anilines is 3. The number of benzene rings is 2. The van der Waals surface area contributed by atoms with Gasteiger partial charge in [-0.1, -0.05) is 29.5 Å². The van der Waals surface area contributed by atoms with Gasteiger partial charge < -0.3 is 20.2 Å². The van der Waals surface area contributed by atoms with Crippen LogP contribution < -0.4 is 15.8 Å². The maximum atomic E-state index is 5.99. The zero-order chi connectivity index (χ0) is 17.9. The molecule has 0 bridgehead atoms. The summed E-state index contributed by atoms with van der Waals surface area (Å²) in [6.07, 6.45) is 0. The molecule has 8 heteroatoms. The zero-order valence-corrected chi connectivity index (χ0v) is 14.7. The van der Waals surface area contributed by atoms with Crippen LogP contribution in [0.25, 0.3) is 22.2 Å². The van der Waals surface area contributed by atoms with Crippen LogP contribution in [0.2, 0.25) is 0 Å². The SMILES string of the molecule is COc1ccc(-c2nc(-c3nnc(Nc4ccccc4)s3)c(N)o2)cc1. The van der Waals surface area contributed by atoms with Gasteiger partial charge in [-0.25, -0.2) is 4.98 Å². The lowest BCUT2D eigenvalue weighted by atomic mass is 10.2. The summed E-state index contributed by atoms with van der Waals surface area (Å²) in [4.78, 5) is 4.47. The van der Waals surface area contributed by atoms with E-state index in [1.165, 1.54) is 11.3 Å². The molecule has 0 saturated carbocycles. The Bertz CT molecular complexity index is 1010. The molecule has 0 unspecified atom stereocenters. The Morgan fingerprint density at radius 2 is 1.81 bits per heavy atom. The van der Waals surface area contributed by atoms with Crippen LogP contribution in [0, 0.1) is 0 Å². The molecule has 130 valence electrons. The average molecular weight is 365 g/mol. The van der Waals surface area contributed by atoms with E-state index in [-0.39, 0.29) is 5.88 Å². The van der Waals surface area contributed by atoms with E-state index in [4.69, 9.17) is 14.9 Å². The molecule has 4 aromatic rings. The van der Waals surface area contributed by atoms with E-state index in [9.17, 15) is 0 Å². The molecular weight excluding hydrogens is 350 g/mol. The molecule has 7 nitrogen and oxygen atoms in total. The molecule has 0 aliphatic rings. The molecule has 2 aromatic carbocycles. The lowest BCUT2D eigenvalue weighted by Gasteiger charge is -1.99. The molecule has 0 amide bonds. The van der Waals surface area contributed by atoms with Crippen molar-refractivity contribution in [3.8, 4) is 27.9 Å². The predicted octanol–water partition coefficient (Wildman–Crippen LogP) is 4.19. The number of nitrogens with zero attached hydrogens (tertiary/aromatic N) is 3. The van der Waals surface area contributed by atoms with Gasteiger partial charge >= 0.3 is 0 Å². The Labute approximate surface area is 153 Å². The molecule has 26 heavy (non-hydrogen) atoms. The highest BCUT2D eigenvalue weighted by molar-refractivity contribution is 7.18. The van der Waals surface area contributed by atoms with Crippen LogP contribution in [0.4, 0.5) is 16.7 Å². The van der Waals surface area contributed by atoms with E-state index < -0.39 is 0 Å². The largest absolute Gasteiger partial charge is 0.497 e. The Kier molecular flexibility index (Phi) is 4.24. The van der Waals surface area contributed by atoms with Gasteiger partial charge in [0.05, 0.1) is 7.11 Å². The fraction of sp³-hybridized carbons (Fsp3) is 0.0556. The fourth-order valence-corrected chi connectivity index (χ4v) is 3.11. The summed E-state index contributed by atoms with van der Waals surface area (Å²) in [5.74, 6) is 1.39. The van der Waals surface area contributed by atoms with Crippen molar-refractivity contribution in [3.05, 3.63) is 54.6 Å². The highest BCUT2D eigenvalue weighted by atomic mass is 32.1. The third kappa shape index (κ3) is 3.22. The second kappa shape index (κ2) is 6.85. The van der Waals surface area contributed by atoms with E-state index in [0.717, 1.165) is 17.0 Å². The molecule has 0 fully saturated rings. The van der Waals surface area contributed by atoms with Gasteiger partial charge in [0.2, 0.25) is 16.9 Å². The maximum absolute atomic E-state index is 5.99. The molecule has 2 aromatic heterocycles. The van der Waals surface area contributed by atoms with Crippen LogP contribution in [-0.2, 0) is 0 Å². The van der Waals surface area contributed by atoms with Crippen molar-refractivity contribution in [2.24, 2.45) is 0 Å². The van der Waals surface area contributed by atoms with Gasteiger partial charge in [-0.3, -0.25) is 0 Å². The molecule has 2 heterocycles. The van der Waals surface area contributed by atoms with Gasteiger partial charge in [0.15, 0.2) is 10.7 Å². The first-order valence-corrected chi connectivity index (χ1v) is 8.61. The van der Waals surface area contributed by atoms with Crippen LogP contribution in [-0.4, -0.2) is 22.3 Å². The molecule has 0 radical (unpaired) electrons. The van der Waals surface area contributed by atoms with Gasteiger partial charge in [0, 0.05) is 11.3 Å². The molecule has 3 N–H and O–H groups in total. The number of nitrogen functional groups attached to an aromatic ring is 1. The second-order valence-corrected chi connectivity index (χ2v) is 6.34. The minimum atomic E-state index is 0.207. The van der Waals surface area contributed by atoms with Crippen LogP contribution >= 0.6 is 11.3 Å². The van der Waals surface area contributed by atoms with Crippen molar-refractivity contribution < 1.29 is 9.15 Å². The number of rotatable bonds is 5. The fourth-order valence-electron chi connectivity index (χ4n) is 2.36. The summed E-state index contributed by atoms with van der Waals surface area (Å²) in [5, 5.41) is 12.7. The van der Waals surface area contributed by atoms with Crippen LogP contribution in [0.5, 0.6) is 5.75 Å². The smallest absolute Gasteiger partial charge is 0.229 e. The highest BCUT2D eigenvalue weighted by Crippen LogP contribution is 2.34. The normalized spacial score (nSPS) is 10.7. The average Bonchev–Trinajstić information content (AvgIpc) is 3.29. The van der Waals surface area contributed by atoms with Crippen molar-refractivity contribution in [2.45, 2.75) is 0 Å². The van der Waals surface area contributed by atoms with Crippen molar-refractivity contribution >= 4 is 28.0 Å². The van der Waals surface area contributed by atoms with Gasteiger partial charge in [0.1, 0.15) is 5.75 Å². The van der Waals surface area contributed by atoms with E-state index >= 15 is 0 Å². The first-order valence-electron chi connectivity index (χ1n) is 7.79. The van der Waals surface area contributed by atoms with Gasteiger partial charge in [-0.15, -0.1) is 10.2 Å². The third-order valence-electron chi connectivity index (χ3n) is 3.64. The highest BCUT2D eigenvalue weighted by Gasteiger charge is 2.18. The number of nitrogens with one attached hydrogen (secondary N) is 1. The molecular formula is C18H15N5O2S. The summed E-state index contributed by atoms with van der Waals surface area (Å²) >= 11 is 1.35. The lowest BCUT2D eigenvalue weighted by Crippen LogP contribution is -1.88. The monoisotopic (exact) mass is 365 g/mol. The number of hydrogen-bond donors (Lipinski definition) is 2. The topological polar surface area (TPSA) is 99.1 Å². The third-order valence-corrected chi connectivity index (χ3v) is 4.49. The van der Waals surface area contributed by atoms with Crippen LogP contribution in [0.15, 0.2) is 59.0 Å². The number of para-hydroxylation sites is 1. The number of aromatic nitrogens is 3. The minimum Gasteiger partial charge on any atom is -0.497 e. The summed E-state index contributed by atoms with van der Waals surface area (Å²) in [7, 11) is 1.62. The van der Waals surface area contributed by atoms with E-state index in [0.29, 0.717) is 21.7 Å². The lowest BCUT2D eigenvalue weighted by molar-refractivity contribution is 0.415. The zero-order valence-electron chi connectivity index (χ0n) is 13.8. The molecule has 0 aliphatic carbocycles. The van der Waals surface area contributed by atoms with Gasteiger partial charge in [-0.2, -0.15) is 0 Å².